The number of methoxy groups -OCH3 is 1. The number of unbranched alkanes of at least 4 members (excludes halogenated alkanes) is 1. The molecule has 0 aliphatic heterocycles. The number of ether oxygens (including phenoxy) is 3. The standard InChI is InChI=1S/C23H24O6/c1-4-5-10-27-20-9-6-16(12-22(20)26-3)19(24)14-28-17-7-8-18-15(2)11-23(25)29-21(18)13-17/h6-9,11-13H,4-5,10,14H2,1-3H3. The minimum atomic E-state index is -0.420. The summed E-state index contributed by atoms with van der Waals surface area (Å²) in [6.45, 7) is 4.38. The molecule has 152 valence electrons. The number of Topliss-reactive ketones (excluding diaryl/α,β-unsaturated/α-hetero) is 1. The zero-order chi connectivity index (χ0) is 20.8. The number of fused-ring (bicyclic) bond motifs is 1. The maximum Gasteiger partial charge on any atom is 0.336 e. The Morgan fingerprint density at radius 3 is 2.62 bits per heavy atom. The first-order chi connectivity index (χ1) is 14.0. The maximum absolute atomic E-state index is 12.5. The van der Waals surface area contributed by atoms with Crippen molar-refractivity contribution in [3.05, 3.63) is 64.0 Å². The fourth-order valence-electron chi connectivity index (χ4n) is 2.91. The van der Waals surface area contributed by atoms with Gasteiger partial charge >= 0.3 is 5.63 Å². The molecule has 0 saturated heterocycles. The summed E-state index contributed by atoms with van der Waals surface area (Å²) < 4.78 is 21.8. The Bertz CT molecular complexity index is 1070. The van der Waals surface area contributed by atoms with Crippen molar-refractivity contribution in [3.8, 4) is 17.2 Å². The lowest BCUT2D eigenvalue weighted by Gasteiger charge is -2.12. The largest absolute Gasteiger partial charge is 0.493 e. The fourth-order valence-corrected chi connectivity index (χ4v) is 2.91. The number of rotatable bonds is 9. The zero-order valence-electron chi connectivity index (χ0n) is 16.8. The second-order valence-corrected chi connectivity index (χ2v) is 6.69. The van der Waals surface area contributed by atoms with E-state index in [1.54, 1.807) is 36.4 Å². The van der Waals surface area contributed by atoms with Gasteiger partial charge in [-0.2, -0.15) is 0 Å². The smallest absolute Gasteiger partial charge is 0.336 e. The Kier molecular flexibility index (Phi) is 6.54. The van der Waals surface area contributed by atoms with E-state index >= 15 is 0 Å². The van der Waals surface area contributed by atoms with Gasteiger partial charge in [0.05, 0.1) is 13.7 Å². The van der Waals surface area contributed by atoms with Crippen molar-refractivity contribution in [2.75, 3.05) is 20.3 Å². The normalized spacial score (nSPS) is 10.7. The van der Waals surface area contributed by atoms with Crippen molar-refractivity contribution >= 4 is 16.8 Å². The van der Waals surface area contributed by atoms with E-state index in [1.165, 1.54) is 13.2 Å². The van der Waals surface area contributed by atoms with Gasteiger partial charge in [0.25, 0.3) is 0 Å². The lowest BCUT2D eigenvalue weighted by molar-refractivity contribution is 0.0921. The quantitative estimate of drug-likeness (QED) is 0.300. The average molecular weight is 396 g/mol. The van der Waals surface area contributed by atoms with E-state index in [0.717, 1.165) is 23.8 Å². The monoisotopic (exact) mass is 396 g/mol. The van der Waals surface area contributed by atoms with Crippen LogP contribution in [0.15, 0.2) is 51.7 Å². The zero-order valence-corrected chi connectivity index (χ0v) is 16.8. The molecule has 0 aliphatic carbocycles. The third-order valence-corrected chi connectivity index (χ3v) is 4.53. The highest BCUT2D eigenvalue weighted by molar-refractivity contribution is 5.98. The molecule has 2 aromatic carbocycles. The van der Waals surface area contributed by atoms with Crippen LogP contribution in [-0.2, 0) is 0 Å². The van der Waals surface area contributed by atoms with Gasteiger partial charge in [0, 0.05) is 23.1 Å². The van der Waals surface area contributed by atoms with Crippen molar-refractivity contribution in [3.63, 3.8) is 0 Å². The van der Waals surface area contributed by atoms with Gasteiger partial charge in [-0.3, -0.25) is 4.79 Å². The highest BCUT2D eigenvalue weighted by Gasteiger charge is 2.13. The van der Waals surface area contributed by atoms with Gasteiger partial charge in [-0.15, -0.1) is 0 Å². The van der Waals surface area contributed by atoms with Crippen LogP contribution >= 0.6 is 0 Å². The molecule has 0 bridgehead atoms. The molecular formula is C23H24O6. The Morgan fingerprint density at radius 1 is 1.03 bits per heavy atom. The Hall–Kier alpha value is -3.28. The number of hydrogen-bond acceptors (Lipinski definition) is 6. The van der Waals surface area contributed by atoms with E-state index in [9.17, 15) is 9.59 Å². The highest BCUT2D eigenvalue weighted by atomic mass is 16.5. The number of aryl methyl sites for hydroxylation is 1. The van der Waals surface area contributed by atoms with Crippen molar-refractivity contribution < 1.29 is 23.4 Å². The summed E-state index contributed by atoms with van der Waals surface area (Å²) in [5, 5.41) is 0.826. The molecule has 1 heterocycles. The molecule has 0 saturated carbocycles. The molecule has 0 aliphatic rings. The van der Waals surface area contributed by atoms with Gasteiger partial charge < -0.3 is 18.6 Å². The van der Waals surface area contributed by atoms with Crippen molar-refractivity contribution in [1.82, 2.24) is 0 Å². The Balaban J connectivity index is 1.70. The molecular weight excluding hydrogens is 372 g/mol. The third kappa shape index (κ3) is 4.96. The SMILES string of the molecule is CCCCOc1ccc(C(=O)COc2ccc3c(C)cc(=O)oc3c2)cc1OC. The van der Waals surface area contributed by atoms with E-state index in [4.69, 9.17) is 18.6 Å². The number of benzene rings is 2. The molecule has 3 aromatic rings. The topological polar surface area (TPSA) is 75.0 Å². The third-order valence-electron chi connectivity index (χ3n) is 4.53. The number of ketones is 1. The van der Waals surface area contributed by atoms with E-state index in [-0.39, 0.29) is 12.4 Å². The molecule has 0 radical (unpaired) electrons. The van der Waals surface area contributed by atoms with Crippen molar-refractivity contribution in [1.29, 1.82) is 0 Å². The van der Waals surface area contributed by atoms with E-state index < -0.39 is 5.63 Å². The second kappa shape index (κ2) is 9.28. The lowest BCUT2D eigenvalue weighted by Crippen LogP contribution is -2.12. The summed E-state index contributed by atoms with van der Waals surface area (Å²) in [7, 11) is 1.54. The molecule has 6 nitrogen and oxygen atoms in total. The molecule has 0 spiro atoms. The molecule has 0 fully saturated rings. The van der Waals surface area contributed by atoms with Gasteiger partial charge in [-0.05, 0) is 49.2 Å². The second-order valence-electron chi connectivity index (χ2n) is 6.69. The lowest BCUT2D eigenvalue weighted by atomic mass is 10.1. The van der Waals surface area contributed by atoms with Crippen LogP contribution in [0.4, 0.5) is 0 Å². The van der Waals surface area contributed by atoms with Gasteiger partial charge in [-0.25, -0.2) is 4.79 Å². The van der Waals surface area contributed by atoms with Gasteiger partial charge in [0.15, 0.2) is 23.9 Å². The first kappa shape index (κ1) is 20.5. The molecule has 0 unspecified atom stereocenters. The number of hydrogen-bond donors (Lipinski definition) is 0. The summed E-state index contributed by atoms with van der Waals surface area (Å²) in [5.74, 6) is 1.37. The maximum atomic E-state index is 12.5. The molecule has 29 heavy (non-hydrogen) atoms. The molecule has 3 rings (SSSR count). The van der Waals surface area contributed by atoms with Crippen LogP contribution in [0.5, 0.6) is 17.2 Å². The molecule has 0 amide bonds. The number of carbonyl (C=O) groups excluding carboxylic acids is 1. The van der Waals surface area contributed by atoms with Crippen LogP contribution in [0.1, 0.15) is 35.7 Å². The Morgan fingerprint density at radius 2 is 1.86 bits per heavy atom. The van der Waals surface area contributed by atoms with Crippen LogP contribution in [0.25, 0.3) is 11.0 Å². The minimum Gasteiger partial charge on any atom is -0.493 e. The van der Waals surface area contributed by atoms with E-state index in [0.29, 0.717) is 35.0 Å². The average Bonchev–Trinajstić information content (AvgIpc) is 2.71. The molecule has 1 aromatic heterocycles. The van der Waals surface area contributed by atoms with Crippen LogP contribution in [0.3, 0.4) is 0 Å². The summed E-state index contributed by atoms with van der Waals surface area (Å²) >= 11 is 0. The van der Waals surface area contributed by atoms with Crippen molar-refractivity contribution in [2.24, 2.45) is 0 Å². The van der Waals surface area contributed by atoms with Crippen LogP contribution < -0.4 is 19.8 Å². The van der Waals surface area contributed by atoms with Gasteiger partial charge in [-0.1, -0.05) is 13.3 Å². The minimum absolute atomic E-state index is 0.152. The molecule has 6 heteroatoms. The van der Waals surface area contributed by atoms with Crippen LogP contribution in [-0.4, -0.2) is 26.1 Å². The fraction of sp³-hybridized carbons (Fsp3) is 0.304. The predicted octanol–water partition coefficient (Wildman–Crippen LogP) is 4.55. The highest BCUT2D eigenvalue weighted by Crippen LogP contribution is 2.29. The number of carbonyl (C=O) groups is 1. The summed E-state index contributed by atoms with van der Waals surface area (Å²) in [6.07, 6.45) is 1.98. The molecule has 0 atom stereocenters. The summed E-state index contributed by atoms with van der Waals surface area (Å²) in [4.78, 5) is 24.1. The van der Waals surface area contributed by atoms with Gasteiger partial charge in [0.2, 0.25) is 0 Å². The van der Waals surface area contributed by atoms with Crippen LogP contribution in [0.2, 0.25) is 0 Å². The van der Waals surface area contributed by atoms with Gasteiger partial charge in [0.1, 0.15) is 11.3 Å². The molecule has 0 N–H and O–H groups in total. The summed E-state index contributed by atoms with van der Waals surface area (Å²) in [5.41, 5.74) is 1.30. The van der Waals surface area contributed by atoms with Crippen LogP contribution in [0, 0.1) is 6.92 Å². The van der Waals surface area contributed by atoms with E-state index in [2.05, 4.69) is 6.92 Å². The Labute approximate surface area is 169 Å². The van der Waals surface area contributed by atoms with E-state index in [1.807, 2.05) is 6.92 Å². The van der Waals surface area contributed by atoms with Crippen molar-refractivity contribution in [2.45, 2.75) is 26.7 Å². The first-order valence-electron chi connectivity index (χ1n) is 9.53. The summed E-state index contributed by atoms with van der Waals surface area (Å²) in [6, 6.07) is 11.7. The predicted molar refractivity (Wildman–Crippen MR) is 110 cm³/mol. The first-order valence-corrected chi connectivity index (χ1v) is 9.53.